The maximum Gasteiger partial charge on any atom is 0.315 e. The second-order valence-corrected chi connectivity index (χ2v) is 7.62. The summed E-state index contributed by atoms with van der Waals surface area (Å²) >= 11 is 0. The zero-order valence-corrected chi connectivity index (χ0v) is 17.6. The zero-order chi connectivity index (χ0) is 21.2. The fourth-order valence-corrected chi connectivity index (χ4v) is 3.45. The van der Waals surface area contributed by atoms with Crippen molar-refractivity contribution in [2.24, 2.45) is 0 Å². The van der Waals surface area contributed by atoms with E-state index in [4.69, 9.17) is 0 Å². The average molecular weight is 410 g/mol. The molecule has 0 unspecified atom stereocenters. The van der Waals surface area contributed by atoms with Gasteiger partial charge in [0.2, 0.25) is 5.91 Å². The Morgan fingerprint density at radius 2 is 1.83 bits per heavy atom. The Labute approximate surface area is 178 Å². The summed E-state index contributed by atoms with van der Waals surface area (Å²) in [6, 6.07) is 18.2. The molecule has 160 valence electrons. The van der Waals surface area contributed by atoms with Gasteiger partial charge in [-0.3, -0.25) is 4.79 Å². The number of piperazine rings is 1. The van der Waals surface area contributed by atoms with E-state index in [0.717, 1.165) is 37.3 Å². The Kier molecular flexibility index (Phi) is 8.09. The maximum atomic E-state index is 12.0. The molecule has 1 aliphatic heterocycles. The molecule has 3 rings (SSSR count). The van der Waals surface area contributed by atoms with Gasteiger partial charge in [-0.25, -0.2) is 4.79 Å². The molecule has 0 atom stereocenters. The minimum Gasteiger partial charge on any atom is -0.360 e. The standard InChI is InChI=1S/C23H31N5O2/c1-27(17-20-6-3-2-4-7-20)14-5-12-25-23(30)26-16-19-8-10-21(11-9-19)28-15-13-24-22(29)18-28/h2-4,6-11H,5,12-18H2,1H3,(H,24,29)(H2,25,26,30). The van der Waals surface area contributed by atoms with E-state index in [0.29, 0.717) is 26.2 Å². The van der Waals surface area contributed by atoms with Gasteiger partial charge in [-0.15, -0.1) is 0 Å². The fraction of sp³-hybridized carbons (Fsp3) is 0.391. The number of nitrogens with zero attached hydrogens (tertiary/aromatic N) is 2. The Balaban J connectivity index is 1.30. The molecule has 0 bridgehead atoms. The van der Waals surface area contributed by atoms with Crippen LogP contribution in [0.2, 0.25) is 0 Å². The molecule has 1 fully saturated rings. The molecular formula is C23H31N5O2. The highest BCUT2D eigenvalue weighted by atomic mass is 16.2. The molecule has 0 saturated carbocycles. The number of nitrogens with one attached hydrogen (secondary N) is 3. The second kappa shape index (κ2) is 11.2. The lowest BCUT2D eigenvalue weighted by Gasteiger charge is -2.28. The molecule has 1 heterocycles. The number of rotatable bonds is 9. The predicted octanol–water partition coefficient (Wildman–Crippen LogP) is 1.94. The lowest BCUT2D eigenvalue weighted by Crippen LogP contribution is -2.47. The first-order valence-electron chi connectivity index (χ1n) is 10.4. The molecule has 2 aromatic carbocycles. The van der Waals surface area contributed by atoms with E-state index in [1.165, 1.54) is 5.56 Å². The van der Waals surface area contributed by atoms with E-state index in [2.05, 4.69) is 57.1 Å². The van der Waals surface area contributed by atoms with E-state index in [1.54, 1.807) is 0 Å². The van der Waals surface area contributed by atoms with Crippen molar-refractivity contribution in [2.75, 3.05) is 44.7 Å². The SMILES string of the molecule is CN(CCCNC(=O)NCc1ccc(N2CCNC(=O)C2)cc1)Cc1ccccc1. The first kappa shape index (κ1) is 21.6. The van der Waals surface area contributed by atoms with Crippen LogP contribution in [0.5, 0.6) is 0 Å². The van der Waals surface area contributed by atoms with Gasteiger partial charge in [0.25, 0.3) is 0 Å². The first-order valence-corrected chi connectivity index (χ1v) is 10.4. The largest absolute Gasteiger partial charge is 0.360 e. The smallest absolute Gasteiger partial charge is 0.315 e. The van der Waals surface area contributed by atoms with Gasteiger partial charge >= 0.3 is 6.03 Å². The van der Waals surface area contributed by atoms with Crippen LogP contribution in [0.25, 0.3) is 0 Å². The van der Waals surface area contributed by atoms with Crippen molar-refractivity contribution >= 4 is 17.6 Å². The number of hydrogen-bond donors (Lipinski definition) is 3. The van der Waals surface area contributed by atoms with Crippen molar-refractivity contribution in [3.63, 3.8) is 0 Å². The third-order valence-electron chi connectivity index (χ3n) is 5.09. The maximum absolute atomic E-state index is 12.0. The summed E-state index contributed by atoms with van der Waals surface area (Å²) < 4.78 is 0. The number of hydrogen-bond acceptors (Lipinski definition) is 4. The minimum absolute atomic E-state index is 0.0509. The lowest BCUT2D eigenvalue weighted by atomic mass is 10.2. The second-order valence-electron chi connectivity index (χ2n) is 7.62. The topological polar surface area (TPSA) is 76.7 Å². The molecule has 0 aliphatic carbocycles. The van der Waals surface area contributed by atoms with Gasteiger partial charge in [0.15, 0.2) is 0 Å². The molecule has 2 aromatic rings. The Bertz CT molecular complexity index is 810. The number of anilines is 1. The summed E-state index contributed by atoms with van der Waals surface area (Å²) in [7, 11) is 2.09. The normalized spacial score (nSPS) is 13.8. The molecule has 30 heavy (non-hydrogen) atoms. The van der Waals surface area contributed by atoms with Crippen LogP contribution >= 0.6 is 0 Å². The molecule has 3 amide bonds. The molecule has 0 aromatic heterocycles. The number of benzene rings is 2. The molecular weight excluding hydrogens is 378 g/mol. The van der Waals surface area contributed by atoms with Crippen molar-refractivity contribution in [3.05, 3.63) is 65.7 Å². The van der Waals surface area contributed by atoms with Gasteiger partial charge in [-0.05, 0) is 43.3 Å². The van der Waals surface area contributed by atoms with Crippen LogP contribution in [0.3, 0.4) is 0 Å². The first-order chi connectivity index (χ1) is 14.6. The number of carbonyl (C=O) groups excluding carboxylic acids is 2. The van der Waals surface area contributed by atoms with Crippen LogP contribution in [-0.2, 0) is 17.9 Å². The molecule has 1 saturated heterocycles. The third-order valence-corrected chi connectivity index (χ3v) is 5.09. The van der Waals surface area contributed by atoms with Crippen molar-refractivity contribution in [1.82, 2.24) is 20.9 Å². The van der Waals surface area contributed by atoms with E-state index < -0.39 is 0 Å². The van der Waals surface area contributed by atoms with E-state index in [9.17, 15) is 9.59 Å². The lowest BCUT2D eigenvalue weighted by molar-refractivity contribution is -0.120. The third kappa shape index (κ3) is 7.08. The van der Waals surface area contributed by atoms with Gasteiger partial charge in [0, 0.05) is 38.4 Å². The predicted molar refractivity (Wildman–Crippen MR) is 119 cm³/mol. The monoisotopic (exact) mass is 409 g/mol. The van der Waals surface area contributed by atoms with Crippen molar-refractivity contribution in [3.8, 4) is 0 Å². The van der Waals surface area contributed by atoms with Gasteiger partial charge in [-0.1, -0.05) is 42.5 Å². The van der Waals surface area contributed by atoms with Gasteiger partial charge in [0.1, 0.15) is 0 Å². The summed E-state index contributed by atoms with van der Waals surface area (Å²) in [5, 5.41) is 8.63. The van der Waals surface area contributed by atoms with Crippen LogP contribution < -0.4 is 20.9 Å². The van der Waals surface area contributed by atoms with Crippen molar-refractivity contribution in [2.45, 2.75) is 19.5 Å². The highest BCUT2D eigenvalue weighted by molar-refractivity contribution is 5.82. The number of amides is 3. The summed E-state index contributed by atoms with van der Waals surface area (Å²) in [6.45, 7) is 4.81. The van der Waals surface area contributed by atoms with Crippen LogP contribution in [0.4, 0.5) is 10.5 Å². The quantitative estimate of drug-likeness (QED) is 0.554. The van der Waals surface area contributed by atoms with Crippen molar-refractivity contribution < 1.29 is 9.59 Å². The van der Waals surface area contributed by atoms with Crippen LogP contribution in [-0.4, -0.2) is 56.6 Å². The summed E-state index contributed by atoms with van der Waals surface area (Å²) in [4.78, 5) is 27.8. The van der Waals surface area contributed by atoms with Crippen LogP contribution in [0.15, 0.2) is 54.6 Å². The Hall–Kier alpha value is -3.06. The molecule has 7 heteroatoms. The summed E-state index contributed by atoms with van der Waals surface area (Å²) in [6.07, 6.45) is 0.898. The summed E-state index contributed by atoms with van der Waals surface area (Å²) in [5.74, 6) is 0.0509. The van der Waals surface area contributed by atoms with Crippen LogP contribution in [0.1, 0.15) is 17.5 Å². The van der Waals surface area contributed by atoms with Gasteiger partial charge in [-0.2, -0.15) is 0 Å². The van der Waals surface area contributed by atoms with E-state index in [1.807, 2.05) is 30.3 Å². The van der Waals surface area contributed by atoms with E-state index >= 15 is 0 Å². The Morgan fingerprint density at radius 1 is 1.07 bits per heavy atom. The highest BCUT2D eigenvalue weighted by Gasteiger charge is 2.16. The minimum atomic E-state index is -0.155. The van der Waals surface area contributed by atoms with Gasteiger partial charge in [0.05, 0.1) is 6.54 Å². The molecule has 1 aliphatic rings. The average Bonchev–Trinajstić information content (AvgIpc) is 2.76. The van der Waals surface area contributed by atoms with Crippen molar-refractivity contribution in [1.29, 1.82) is 0 Å². The summed E-state index contributed by atoms with van der Waals surface area (Å²) in [5.41, 5.74) is 3.34. The fourth-order valence-electron chi connectivity index (χ4n) is 3.45. The molecule has 0 spiro atoms. The van der Waals surface area contributed by atoms with Crippen LogP contribution in [0, 0.1) is 0 Å². The number of urea groups is 1. The highest BCUT2D eigenvalue weighted by Crippen LogP contribution is 2.16. The zero-order valence-electron chi connectivity index (χ0n) is 17.6. The molecule has 0 radical (unpaired) electrons. The Morgan fingerprint density at radius 3 is 2.57 bits per heavy atom. The molecule has 7 nitrogen and oxygen atoms in total. The van der Waals surface area contributed by atoms with Gasteiger partial charge < -0.3 is 25.8 Å². The van der Waals surface area contributed by atoms with E-state index in [-0.39, 0.29) is 11.9 Å². The molecule has 3 N–H and O–H groups in total. The number of carbonyl (C=O) groups is 2.